The molecule has 0 heterocycles. The molecule has 0 amide bonds. The first kappa shape index (κ1) is 17.3. The van der Waals surface area contributed by atoms with Crippen LogP contribution < -0.4 is 5.73 Å². The van der Waals surface area contributed by atoms with Crippen LogP contribution >= 0.6 is 0 Å². The van der Waals surface area contributed by atoms with Gasteiger partial charge in [-0.15, -0.1) is 0 Å². The first-order valence-electron chi connectivity index (χ1n) is 5.87. The number of benzene rings is 1. The summed E-state index contributed by atoms with van der Waals surface area (Å²) < 4.78 is 62.6. The van der Waals surface area contributed by atoms with Crippen LogP contribution in [0.25, 0.3) is 0 Å². The fourth-order valence-corrected chi connectivity index (χ4v) is 3.42. The molecular weight excluding hydrogens is 307 g/mol. The van der Waals surface area contributed by atoms with Crippen molar-refractivity contribution in [3.05, 3.63) is 23.8 Å². The van der Waals surface area contributed by atoms with E-state index in [0.717, 1.165) is 12.1 Å². The van der Waals surface area contributed by atoms with Crippen LogP contribution in [0.5, 0.6) is 0 Å². The Labute approximate surface area is 120 Å². The third-order valence-corrected chi connectivity index (χ3v) is 4.73. The van der Waals surface area contributed by atoms with Gasteiger partial charge in [0.1, 0.15) is 11.4 Å². The SMILES string of the molecule is CC(C)N(CC(F)(F)F)S(=O)(=O)c1ccc(C#N)cc1N. The van der Waals surface area contributed by atoms with E-state index in [0.29, 0.717) is 4.31 Å². The van der Waals surface area contributed by atoms with Gasteiger partial charge in [-0.2, -0.15) is 22.7 Å². The standard InChI is InChI=1S/C12H14F3N3O2S/c1-8(2)18(7-12(13,14)15)21(19,20)11-4-3-9(6-16)5-10(11)17/h3-5,8H,7,17H2,1-2H3. The average molecular weight is 321 g/mol. The topological polar surface area (TPSA) is 87.2 Å². The molecule has 0 bridgehead atoms. The molecule has 5 nitrogen and oxygen atoms in total. The molecule has 116 valence electrons. The molecule has 0 fully saturated rings. The van der Waals surface area contributed by atoms with Gasteiger partial charge in [0.25, 0.3) is 0 Å². The molecule has 0 saturated carbocycles. The van der Waals surface area contributed by atoms with Gasteiger partial charge in [0.2, 0.25) is 10.0 Å². The van der Waals surface area contributed by atoms with Crippen LogP contribution in [0.1, 0.15) is 19.4 Å². The van der Waals surface area contributed by atoms with Crippen molar-refractivity contribution in [2.45, 2.75) is 31.0 Å². The molecule has 21 heavy (non-hydrogen) atoms. The maximum Gasteiger partial charge on any atom is 0.402 e. The summed E-state index contributed by atoms with van der Waals surface area (Å²) in [4.78, 5) is -0.445. The van der Waals surface area contributed by atoms with Crippen molar-refractivity contribution in [3.8, 4) is 6.07 Å². The summed E-state index contributed by atoms with van der Waals surface area (Å²) in [7, 11) is -4.41. The normalized spacial score (nSPS) is 12.7. The zero-order valence-corrected chi connectivity index (χ0v) is 12.2. The van der Waals surface area contributed by atoms with Crippen molar-refractivity contribution in [3.63, 3.8) is 0 Å². The number of nitrogen functional groups attached to an aromatic ring is 1. The molecule has 0 unspecified atom stereocenters. The molecule has 0 aliphatic rings. The fraction of sp³-hybridized carbons (Fsp3) is 0.417. The molecule has 0 saturated heterocycles. The number of hydrogen-bond acceptors (Lipinski definition) is 4. The Kier molecular flexibility index (Phi) is 4.86. The summed E-state index contributed by atoms with van der Waals surface area (Å²) in [5.41, 5.74) is 5.41. The second-order valence-electron chi connectivity index (χ2n) is 4.62. The summed E-state index contributed by atoms with van der Waals surface area (Å²) in [5, 5.41) is 8.69. The van der Waals surface area contributed by atoms with Crippen LogP contribution in [0.15, 0.2) is 23.1 Å². The minimum absolute atomic E-state index is 0.123. The second kappa shape index (κ2) is 5.91. The molecule has 1 aromatic rings. The molecule has 9 heteroatoms. The third-order valence-electron chi connectivity index (χ3n) is 2.64. The molecule has 0 spiro atoms. The van der Waals surface area contributed by atoms with Crippen molar-refractivity contribution in [2.24, 2.45) is 0 Å². The lowest BCUT2D eigenvalue weighted by Gasteiger charge is -2.27. The number of nitriles is 1. The number of halogens is 3. The van der Waals surface area contributed by atoms with Gasteiger partial charge in [-0.1, -0.05) is 0 Å². The van der Waals surface area contributed by atoms with Crippen molar-refractivity contribution < 1.29 is 21.6 Å². The lowest BCUT2D eigenvalue weighted by Crippen LogP contribution is -2.43. The van der Waals surface area contributed by atoms with Crippen LogP contribution in [0.3, 0.4) is 0 Å². The van der Waals surface area contributed by atoms with E-state index >= 15 is 0 Å². The van der Waals surface area contributed by atoms with E-state index in [1.807, 2.05) is 0 Å². The highest BCUT2D eigenvalue weighted by molar-refractivity contribution is 7.89. The van der Waals surface area contributed by atoms with E-state index in [-0.39, 0.29) is 11.3 Å². The number of rotatable bonds is 4. The minimum Gasteiger partial charge on any atom is -0.398 e. The summed E-state index contributed by atoms with van der Waals surface area (Å²) in [5.74, 6) is 0. The van der Waals surface area contributed by atoms with Gasteiger partial charge in [0, 0.05) is 6.04 Å². The largest absolute Gasteiger partial charge is 0.402 e. The van der Waals surface area contributed by atoms with Crippen molar-refractivity contribution in [1.29, 1.82) is 5.26 Å². The van der Waals surface area contributed by atoms with Gasteiger partial charge < -0.3 is 5.73 Å². The highest BCUT2D eigenvalue weighted by Gasteiger charge is 2.39. The van der Waals surface area contributed by atoms with Crippen molar-refractivity contribution in [2.75, 3.05) is 12.3 Å². The number of sulfonamides is 1. The Balaban J connectivity index is 3.34. The van der Waals surface area contributed by atoms with Gasteiger partial charge in [-0.25, -0.2) is 8.42 Å². The molecule has 0 aromatic heterocycles. The Hall–Kier alpha value is -1.79. The van der Waals surface area contributed by atoms with Crippen LogP contribution in [0.4, 0.5) is 18.9 Å². The van der Waals surface area contributed by atoms with E-state index in [1.54, 1.807) is 6.07 Å². The van der Waals surface area contributed by atoms with Gasteiger partial charge in [-0.3, -0.25) is 0 Å². The van der Waals surface area contributed by atoms with Gasteiger partial charge >= 0.3 is 6.18 Å². The van der Waals surface area contributed by atoms with E-state index < -0.39 is 33.7 Å². The lowest BCUT2D eigenvalue weighted by atomic mass is 10.2. The highest BCUT2D eigenvalue weighted by atomic mass is 32.2. The fourth-order valence-electron chi connectivity index (χ4n) is 1.70. The van der Waals surface area contributed by atoms with E-state index in [4.69, 9.17) is 11.0 Å². The summed E-state index contributed by atoms with van der Waals surface area (Å²) >= 11 is 0. The van der Waals surface area contributed by atoms with Crippen molar-refractivity contribution >= 4 is 15.7 Å². The molecule has 2 N–H and O–H groups in total. The average Bonchev–Trinajstić information content (AvgIpc) is 2.33. The molecule has 0 aliphatic carbocycles. The molecular formula is C12H14F3N3O2S. The maximum atomic E-state index is 12.6. The zero-order chi connectivity index (χ0) is 16.4. The third kappa shape index (κ3) is 4.09. The molecule has 0 aliphatic heterocycles. The van der Waals surface area contributed by atoms with Crippen molar-refractivity contribution in [1.82, 2.24) is 4.31 Å². The van der Waals surface area contributed by atoms with E-state index in [9.17, 15) is 21.6 Å². The number of nitrogens with two attached hydrogens (primary N) is 1. The molecule has 1 rings (SSSR count). The second-order valence-corrected chi connectivity index (χ2v) is 6.48. The Morgan fingerprint density at radius 1 is 1.38 bits per heavy atom. The molecule has 0 atom stereocenters. The predicted octanol–water partition coefficient (Wildman–Crippen LogP) is 2.10. The molecule has 0 radical (unpaired) electrons. The number of hydrogen-bond donors (Lipinski definition) is 1. The highest BCUT2D eigenvalue weighted by Crippen LogP contribution is 2.28. The van der Waals surface area contributed by atoms with E-state index in [1.165, 1.54) is 19.9 Å². The Morgan fingerprint density at radius 3 is 2.33 bits per heavy atom. The predicted molar refractivity (Wildman–Crippen MR) is 70.7 cm³/mol. The van der Waals surface area contributed by atoms with E-state index in [2.05, 4.69) is 0 Å². The monoisotopic (exact) mass is 321 g/mol. The van der Waals surface area contributed by atoms with Crippen LogP contribution in [-0.2, 0) is 10.0 Å². The van der Waals surface area contributed by atoms with Gasteiger partial charge in [0.15, 0.2) is 0 Å². The lowest BCUT2D eigenvalue weighted by molar-refractivity contribution is -0.138. The van der Waals surface area contributed by atoms with Crippen LogP contribution in [-0.4, -0.2) is 31.5 Å². The number of nitrogens with zero attached hydrogens (tertiary/aromatic N) is 2. The van der Waals surface area contributed by atoms with Crippen LogP contribution in [0, 0.1) is 11.3 Å². The summed E-state index contributed by atoms with van der Waals surface area (Å²) in [6.45, 7) is 1.07. The Morgan fingerprint density at radius 2 is 1.95 bits per heavy atom. The first-order valence-corrected chi connectivity index (χ1v) is 7.31. The zero-order valence-electron chi connectivity index (χ0n) is 11.3. The van der Waals surface area contributed by atoms with Crippen LogP contribution in [0.2, 0.25) is 0 Å². The maximum absolute atomic E-state index is 12.6. The Bertz CT molecular complexity index is 663. The summed E-state index contributed by atoms with van der Waals surface area (Å²) in [6.07, 6.45) is -4.67. The van der Waals surface area contributed by atoms with Gasteiger partial charge in [0.05, 0.1) is 17.3 Å². The summed E-state index contributed by atoms with van der Waals surface area (Å²) in [6, 6.07) is 4.21. The smallest absolute Gasteiger partial charge is 0.398 e. The minimum atomic E-state index is -4.67. The number of alkyl halides is 3. The quantitative estimate of drug-likeness (QED) is 0.860. The van der Waals surface area contributed by atoms with Gasteiger partial charge in [-0.05, 0) is 32.0 Å². The molecule has 1 aromatic carbocycles. The first-order chi connectivity index (χ1) is 9.49. The number of anilines is 1.